The van der Waals surface area contributed by atoms with Crippen LogP contribution >= 0.6 is 0 Å². The number of hydrogen-bond acceptors (Lipinski definition) is 2. The summed E-state index contributed by atoms with van der Waals surface area (Å²) in [6.07, 6.45) is 5.09. The lowest BCUT2D eigenvalue weighted by molar-refractivity contribution is -0.136. The molecule has 0 aliphatic heterocycles. The average molecular weight is 218 g/mol. The number of phenolic OH excluding ortho intramolecular Hbond substituents is 1. The predicted molar refractivity (Wildman–Crippen MR) is 61.3 cm³/mol. The van der Waals surface area contributed by atoms with Gasteiger partial charge in [-0.2, -0.15) is 0 Å². The molecule has 2 N–H and O–H groups in total. The van der Waals surface area contributed by atoms with Gasteiger partial charge >= 0.3 is 5.97 Å². The Labute approximate surface area is 94.0 Å². The molecule has 16 heavy (non-hydrogen) atoms. The SMILES string of the molecule is O=C(O)Cc1cccc(C2=CCCC2)c1O. The Morgan fingerprint density at radius 3 is 2.81 bits per heavy atom. The van der Waals surface area contributed by atoms with Crippen LogP contribution in [0.2, 0.25) is 0 Å². The second-order valence-electron chi connectivity index (χ2n) is 4.01. The van der Waals surface area contributed by atoms with E-state index in [1.54, 1.807) is 12.1 Å². The molecule has 1 aromatic rings. The average Bonchev–Trinajstić information content (AvgIpc) is 2.73. The number of phenols is 1. The summed E-state index contributed by atoms with van der Waals surface area (Å²) >= 11 is 0. The van der Waals surface area contributed by atoms with Crippen molar-refractivity contribution in [1.82, 2.24) is 0 Å². The van der Waals surface area contributed by atoms with Gasteiger partial charge in [0.1, 0.15) is 5.75 Å². The van der Waals surface area contributed by atoms with E-state index < -0.39 is 5.97 Å². The Hall–Kier alpha value is -1.77. The van der Waals surface area contributed by atoms with Crippen molar-refractivity contribution in [3.8, 4) is 5.75 Å². The minimum Gasteiger partial charge on any atom is -0.507 e. The minimum absolute atomic E-state index is 0.123. The van der Waals surface area contributed by atoms with E-state index in [1.165, 1.54) is 0 Å². The summed E-state index contributed by atoms with van der Waals surface area (Å²) < 4.78 is 0. The summed E-state index contributed by atoms with van der Waals surface area (Å²) in [7, 11) is 0. The summed E-state index contributed by atoms with van der Waals surface area (Å²) in [6.45, 7) is 0. The lowest BCUT2D eigenvalue weighted by Gasteiger charge is -2.09. The monoisotopic (exact) mass is 218 g/mol. The van der Waals surface area contributed by atoms with Gasteiger partial charge in [-0.15, -0.1) is 0 Å². The first-order valence-electron chi connectivity index (χ1n) is 5.40. The molecule has 0 radical (unpaired) electrons. The molecule has 0 heterocycles. The zero-order valence-corrected chi connectivity index (χ0v) is 8.94. The van der Waals surface area contributed by atoms with Crippen LogP contribution < -0.4 is 0 Å². The molecule has 0 bridgehead atoms. The molecule has 0 saturated heterocycles. The van der Waals surface area contributed by atoms with Gasteiger partial charge in [-0.1, -0.05) is 24.3 Å². The van der Waals surface area contributed by atoms with E-state index in [-0.39, 0.29) is 12.2 Å². The molecule has 1 aliphatic carbocycles. The Morgan fingerprint density at radius 2 is 2.19 bits per heavy atom. The first-order valence-corrected chi connectivity index (χ1v) is 5.40. The highest BCUT2D eigenvalue weighted by molar-refractivity contribution is 5.76. The molecule has 0 spiro atoms. The number of carbonyl (C=O) groups is 1. The van der Waals surface area contributed by atoms with Crippen LogP contribution in [0, 0.1) is 0 Å². The van der Waals surface area contributed by atoms with Crippen LogP contribution in [0.25, 0.3) is 5.57 Å². The molecule has 3 nitrogen and oxygen atoms in total. The molecule has 0 unspecified atom stereocenters. The number of hydrogen-bond donors (Lipinski definition) is 2. The molecule has 1 aliphatic rings. The van der Waals surface area contributed by atoms with Crippen molar-refractivity contribution in [1.29, 1.82) is 0 Å². The van der Waals surface area contributed by atoms with Crippen molar-refractivity contribution in [3.63, 3.8) is 0 Å². The second kappa shape index (κ2) is 4.39. The molecule has 3 heteroatoms. The van der Waals surface area contributed by atoms with Crippen LogP contribution in [0.1, 0.15) is 30.4 Å². The predicted octanol–water partition coefficient (Wildman–Crippen LogP) is 2.59. The third-order valence-electron chi connectivity index (χ3n) is 2.85. The van der Waals surface area contributed by atoms with Gasteiger partial charge in [0, 0.05) is 11.1 Å². The van der Waals surface area contributed by atoms with Crippen molar-refractivity contribution in [3.05, 3.63) is 35.4 Å². The van der Waals surface area contributed by atoms with Gasteiger partial charge in [0.05, 0.1) is 6.42 Å². The third kappa shape index (κ3) is 2.08. The molecule has 1 aromatic carbocycles. The molecule has 0 amide bonds. The van der Waals surface area contributed by atoms with E-state index in [1.807, 2.05) is 6.07 Å². The second-order valence-corrected chi connectivity index (χ2v) is 4.01. The smallest absolute Gasteiger partial charge is 0.307 e. The molecule has 0 aromatic heterocycles. The van der Waals surface area contributed by atoms with E-state index >= 15 is 0 Å². The van der Waals surface area contributed by atoms with Crippen molar-refractivity contribution in [2.24, 2.45) is 0 Å². The quantitative estimate of drug-likeness (QED) is 0.819. The maximum atomic E-state index is 10.6. The fourth-order valence-electron chi connectivity index (χ4n) is 2.07. The zero-order chi connectivity index (χ0) is 11.5. The van der Waals surface area contributed by atoms with Crippen LogP contribution in [0.15, 0.2) is 24.3 Å². The standard InChI is InChI=1S/C13H14O3/c14-12(15)8-10-6-3-7-11(13(10)16)9-4-1-2-5-9/h3-4,6-7,16H,1-2,5,8H2,(H,14,15). The number of rotatable bonds is 3. The Morgan fingerprint density at radius 1 is 1.38 bits per heavy atom. The number of para-hydroxylation sites is 1. The lowest BCUT2D eigenvalue weighted by atomic mass is 9.99. The summed E-state index contributed by atoms with van der Waals surface area (Å²) in [5.74, 6) is -0.800. The van der Waals surface area contributed by atoms with Gasteiger partial charge in [-0.25, -0.2) is 0 Å². The van der Waals surface area contributed by atoms with E-state index in [2.05, 4.69) is 6.08 Å². The fraction of sp³-hybridized carbons (Fsp3) is 0.308. The van der Waals surface area contributed by atoms with Gasteiger partial charge in [0.15, 0.2) is 0 Å². The maximum absolute atomic E-state index is 10.6. The summed E-state index contributed by atoms with van der Waals surface area (Å²) in [5, 5.41) is 18.7. The van der Waals surface area contributed by atoms with E-state index in [4.69, 9.17) is 5.11 Å². The van der Waals surface area contributed by atoms with Crippen LogP contribution in [0.3, 0.4) is 0 Å². The highest BCUT2D eigenvalue weighted by Crippen LogP contribution is 2.35. The van der Waals surface area contributed by atoms with E-state index in [0.29, 0.717) is 5.56 Å². The first-order chi connectivity index (χ1) is 7.68. The first kappa shape index (κ1) is 10.7. The van der Waals surface area contributed by atoms with E-state index in [0.717, 1.165) is 30.4 Å². The summed E-state index contributed by atoms with van der Waals surface area (Å²) in [4.78, 5) is 10.6. The van der Waals surface area contributed by atoms with Gasteiger partial charge in [-0.3, -0.25) is 4.79 Å². The Balaban J connectivity index is 2.36. The highest BCUT2D eigenvalue weighted by Gasteiger charge is 2.14. The van der Waals surface area contributed by atoms with Crippen LogP contribution in [0.5, 0.6) is 5.75 Å². The van der Waals surface area contributed by atoms with Crippen molar-refractivity contribution in [2.45, 2.75) is 25.7 Å². The summed E-state index contributed by atoms with van der Waals surface area (Å²) in [5.41, 5.74) is 2.40. The lowest BCUT2D eigenvalue weighted by Crippen LogP contribution is -2.01. The summed E-state index contributed by atoms with van der Waals surface area (Å²) in [6, 6.07) is 5.30. The van der Waals surface area contributed by atoms with Crippen molar-refractivity contribution < 1.29 is 15.0 Å². The molecular formula is C13H14O3. The van der Waals surface area contributed by atoms with Gasteiger partial charge in [0.2, 0.25) is 0 Å². The van der Waals surface area contributed by atoms with Crippen LogP contribution in [-0.2, 0) is 11.2 Å². The number of benzene rings is 1. The fourth-order valence-corrected chi connectivity index (χ4v) is 2.07. The van der Waals surface area contributed by atoms with Crippen LogP contribution in [-0.4, -0.2) is 16.2 Å². The van der Waals surface area contributed by atoms with Gasteiger partial charge in [0.25, 0.3) is 0 Å². The molecule has 0 atom stereocenters. The number of carboxylic acids is 1. The normalized spacial score (nSPS) is 14.9. The maximum Gasteiger partial charge on any atom is 0.307 e. The van der Waals surface area contributed by atoms with Gasteiger partial charge in [-0.05, 0) is 24.8 Å². The topological polar surface area (TPSA) is 57.5 Å². The Kier molecular flexibility index (Phi) is 2.95. The number of carboxylic acid groups (broad SMARTS) is 1. The molecule has 0 saturated carbocycles. The molecular weight excluding hydrogens is 204 g/mol. The highest BCUT2D eigenvalue weighted by atomic mass is 16.4. The largest absolute Gasteiger partial charge is 0.507 e. The minimum atomic E-state index is -0.923. The molecule has 0 fully saturated rings. The number of aliphatic carboxylic acids is 1. The molecule has 84 valence electrons. The van der Waals surface area contributed by atoms with Crippen LogP contribution in [0.4, 0.5) is 0 Å². The van der Waals surface area contributed by atoms with Crippen molar-refractivity contribution in [2.75, 3.05) is 0 Å². The third-order valence-corrected chi connectivity index (χ3v) is 2.85. The van der Waals surface area contributed by atoms with Gasteiger partial charge < -0.3 is 10.2 Å². The Bertz CT molecular complexity index is 446. The zero-order valence-electron chi connectivity index (χ0n) is 8.94. The van der Waals surface area contributed by atoms with E-state index in [9.17, 15) is 9.90 Å². The number of allylic oxidation sites excluding steroid dienone is 2. The van der Waals surface area contributed by atoms with Crippen molar-refractivity contribution >= 4 is 11.5 Å². The number of aromatic hydroxyl groups is 1. The molecule has 2 rings (SSSR count).